The summed E-state index contributed by atoms with van der Waals surface area (Å²) >= 11 is 5.91. The summed E-state index contributed by atoms with van der Waals surface area (Å²) in [4.78, 5) is 11.9. The van der Waals surface area contributed by atoms with Gasteiger partial charge in [0.05, 0.1) is 11.4 Å². The summed E-state index contributed by atoms with van der Waals surface area (Å²) in [6.45, 7) is 0.663. The topological polar surface area (TPSA) is 66.5 Å². The summed E-state index contributed by atoms with van der Waals surface area (Å²) in [5.41, 5.74) is 0. The SMILES string of the molecule is O=C1CNCCN1S(=O)(=O)c1ccc2cc(Cl)ccc2c1. The molecule has 1 fully saturated rings. The lowest BCUT2D eigenvalue weighted by Gasteiger charge is -2.26. The number of hydrogen-bond donors (Lipinski definition) is 1. The molecule has 21 heavy (non-hydrogen) atoms. The maximum absolute atomic E-state index is 12.6. The number of carbonyl (C=O) groups is 1. The molecule has 3 rings (SSSR count). The number of piperazine rings is 1. The third-order valence-electron chi connectivity index (χ3n) is 3.41. The quantitative estimate of drug-likeness (QED) is 0.911. The minimum atomic E-state index is -3.80. The molecule has 110 valence electrons. The molecule has 1 heterocycles. The van der Waals surface area contributed by atoms with E-state index in [0.717, 1.165) is 15.1 Å². The van der Waals surface area contributed by atoms with Crippen LogP contribution in [0.3, 0.4) is 0 Å². The van der Waals surface area contributed by atoms with Gasteiger partial charge in [-0.25, -0.2) is 12.7 Å². The van der Waals surface area contributed by atoms with Crippen molar-refractivity contribution in [3.63, 3.8) is 0 Å². The predicted molar refractivity (Wildman–Crippen MR) is 80.7 cm³/mol. The van der Waals surface area contributed by atoms with E-state index in [-0.39, 0.29) is 18.0 Å². The lowest BCUT2D eigenvalue weighted by molar-refractivity contribution is -0.126. The van der Waals surface area contributed by atoms with Gasteiger partial charge < -0.3 is 5.32 Å². The molecule has 2 aromatic carbocycles. The largest absolute Gasteiger partial charge is 0.307 e. The maximum Gasteiger partial charge on any atom is 0.266 e. The number of hydrogen-bond acceptors (Lipinski definition) is 4. The molecule has 5 nitrogen and oxygen atoms in total. The van der Waals surface area contributed by atoms with Crippen molar-refractivity contribution >= 4 is 38.3 Å². The zero-order chi connectivity index (χ0) is 15.0. The second kappa shape index (κ2) is 5.29. The summed E-state index contributed by atoms with van der Waals surface area (Å²) < 4.78 is 26.1. The monoisotopic (exact) mass is 324 g/mol. The summed E-state index contributed by atoms with van der Waals surface area (Å²) in [6, 6.07) is 10.00. The Hall–Kier alpha value is -1.63. The second-order valence-corrected chi connectivity index (χ2v) is 7.10. The Morgan fingerprint density at radius 1 is 1.10 bits per heavy atom. The first-order valence-corrected chi connectivity index (χ1v) is 8.26. The Kier molecular flexibility index (Phi) is 3.61. The number of rotatable bonds is 2. The molecule has 0 saturated carbocycles. The molecular weight excluding hydrogens is 312 g/mol. The fourth-order valence-electron chi connectivity index (χ4n) is 2.33. The molecule has 0 atom stereocenters. The maximum atomic E-state index is 12.6. The van der Waals surface area contributed by atoms with E-state index in [9.17, 15) is 13.2 Å². The molecule has 7 heteroatoms. The zero-order valence-electron chi connectivity index (χ0n) is 11.0. The van der Waals surface area contributed by atoms with E-state index >= 15 is 0 Å². The van der Waals surface area contributed by atoms with Gasteiger partial charge in [0.25, 0.3) is 10.0 Å². The van der Waals surface area contributed by atoms with Crippen molar-refractivity contribution in [1.29, 1.82) is 0 Å². The van der Waals surface area contributed by atoms with Crippen LogP contribution >= 0.6 is 11.6 Å². The number of nitrogens with one attached hydrogen (secondary N) is 1. The molecule has 2 aromatic rings. The highest BCUT2D eigenvalue weighted by Gasteiger charge is 2.30. The van der Waals surface area contributed by atoms with Crippen molar-refractivity contribution in [2.75, 3.05) is 19.6 Å². The van der Waals surface area contributed by atoms with Gasteiger partial charge >= 0.3 is 0 Å². The van der Waals surface area contributed by atoms with Gasteiger partial charge in [-0.15, -0.1) is 0 Å². The molecule has 0 unspecified atom stereocenters. The molecule has 1 aliphatic rings. The van der Waals surface area contributed by atoms with Gasteiger partial charge in [0.2, 0.25) is 5.91 Å². The lowest BCUT2D eigenvalue weighted by atomic mass is 10.1. The first kappa shape index (κ1) is 14.3. The zero-order valence-corrected chi connectivity index (χ0v) is 12.6. The van der Waals surface area contributed by atoms with Crippen LogP contribution in [0.5, 0.6) is 0 Å². The summed E-state index contributed by atoms with van der Waals surface area (Å²) in [7, 11) is -3.80. The number of nitrogens with zero attached hydrogens (tertiary/aromatic N) is 1. The van der Waals surface area contributed by atoms with Crippen LogP contribution < -0.4 is 5.32 Å². The van der Waals surface area contributed by atoms with Crippen LogP contribution in [0.1, 0.15) is 0 Å². The third-order valence-corrected chi connectivity index (χ3v) is 5.46. The van der Waals surface area contributed by atoms with E-state index < -0.39 is 15.9 Å². The molecule has 1 saturated heterocycles. The van der Waals surface area contributed by atoms with Gasteiger partial charge in [-0.1, -0.05) is 23.7 Å². The number of halogens is 1. The molecule has 1 amide bonds. The van der Waals surface area contributed by atoms with E-state index in [1.165, 1.54) is 6.07 Å². The van der Waals surface area contributed by atoms with Gasteiger partial charge in [0.15, 0.2) is 0 Å². The van der Waals surface area contributed by atoms with Crippen LogP contribution in [0.25, 0.3) is 10.8 Å². The average molecular weight is 325 g/mol. The van der Waals surface area contributed by atoms with E-state index in [4.69, 9.17) is 11.6 Å². The molecule has 0 bridgehead atoms. The number of carbonyl (C=O) groups excluding carboxylic acids is 1. The molecule has 0 aliphatic carbocycles. The van der Waals surface area contributed by atoms with Crippen LogP contribution in [-0.2, 0) is 14.8 Å². The molecule has 0 aromatic heterocycles. The Morgan fingerprint density at radius 3 is 2.57 bits per heavy atom. The highest BCUT2D eigenvalue weighted by Crippen LogP contribution is 2.24. The molecule has 1 aliphatic heterocycles. The Morgan fingerprint density at radius 2 is 1.81 bits per heavy atom. The lowest BCUT2D eigenvalue weighted by Crippen LogP contribution is -2.50. The highest BCUT2D eigenvalue weighted by molar-refractivity contribution is 7.89. The molecule has 1 N–H and O–H groups in total. The van der Waals surface area contributed by atoms with Gasteiger partial charge in [-0.05, 0) is 35.0 Å². The normalized spacial score (nSPS) is 16.4. The number of fused-ring (bicyclic) bond motifs is 1. The van der Waals surface area contributed by atoms with Crippen molar-refractivity contribution in [3.05, 3.63) is 41.4 Å². The second-order valence-electron chi connectivity index (χ2n) is 4.80. The van der Waals surface area contributed by atoms with Crippen molar-refractivity contribution < 1.29 is 13.2 Å². The van der Waals surface area contributed by atoms with Crippen molar-refractivity contribution in [3.8, 4) is 0 Å². The average Bonchev–Trinajstić information content (AvgIpc) is 2.47. The van der Waals surface area contributed by atoms with Gasteiger partial charge in [0, 0.05) is 18.1 Å². The van der Waals surface area contributed by atoms with Crippen LogP contribution in [0.15, 0.2) is 41.3 Å². The van der Waals surface area contributed by atoms with E-state index in [1.54, 1.807) is 30.3 Å². The number of sulfonamides is 1. The van der Waals surface area contributed by atoms with Crippen LogP contribution in [0, 0.1) is 0 Å². The summed E-state index contributed by atoms with van der Waals surface area (Å²) in [5, 5.41) is 5.07. The molecular formula is C14H13ClN2O3S. The molecule has 0 spiro atoms. The Balaban J connectivity index is 2.06. The van der Waals surface area contributed by atoms with E-state index in [2.05, 4.69) is 5.32 Å². The Bertz CT molecular complexity index is 820. The van der Waals surface area contributed by atoms with Crippen LogP contribution in [-0.4, -0.2) is 38.3 Å². The summed E-state index contributed by atoms with van der Waals surface area (Å²) in [5.74, 6) is -0.433. The molecule has 0 radical (unpaired) electrons. The first-order chi connectivity index (χ1) is 9.98. The Labute approximate surface area is 127 Å². The van der Waals surface area contributed by atoms with Crippen LogP contribution in [0.2, 0.25) is 5.02 Å². The first-order valence-electron chi connectivity index (χ1n) is 6.44. The van der Waals surface area contributed by atoms with Crippen molar-refractivity contribution in [2.24, 2.45) is 0 Å². The summed E-state index contributed by atoms with van der Waals surface area (Å²) in [6.07, 6.45) is 0. The fourth-order valence-corrected chi connectivity index (χ4v) is 3.94. The van der Waals surface area contributed by atoms with E-state index in [0.29, 0.717) is 11.6 Å². The standard InChI is InChI=1S/C14H13ClN2O3S/c15-12-3-1-11-8-13(4-2-10(11)7-12)21(19,20)17-6-5-16-9-14(17)18/h1-4,7-8,16H,5-6,9H2. The van der Waals surface area contributed by atoms with Crippen molar-refractivity contribution in [2.45, 2.75) is 4.90 Å². The smallest absolute Gasteiger partial charge is 0.266 e. The number of amides is 1. The van der Waals surface area contributed by atoms with Gasteiger partial charge in [0.1, 0.15) is 0 Å². The fraction of sp³-hybridized carbons (Fsp3) is 0.214. The van der Waals surface area contributed by atoms with Crippen molar-refractivity contribution in [1.82, 2.24) is 9.62 Å². The van der Waals surface area contributed by atoms with Gasteiger partial charge in [-0.2, -0.15) is 0 Å². The van der Waals surface area contributed by atoms with E-state index in [1.807, 2.05) is 0 Å². The third kappa shape index (κ3) is 2.62. The minimum Gasteiger partial charge on any atom is -0.307 e. The minimum absolute atomic E-state index is 0.0441. The highest BCUT2D eigenvalue weighted by atomic mass is 35.5. The predicted octanol–water partition coefficient (Wildman–Crippen LogP) is 1.61. The van der Waals surface area contributed by atoms with Gasteiger partial charge in [-0.3, -0.25) is 4.79 Å². The van der Waals surface area contributed by atoms with Crippen LogP contribution in [0.4, 0.5) is 0 Å². The number of benzene rings is 2.